The number of carbonyl (C=O) groups is 1. The van der Waals surface area contributed by atoms with E-state index in [1.807, 2.05) is 40.5 Å². The Morgan fingerprint density at radius 2 is 1.88 bits per heavy atom. The number of hydrogen-bond donors (Lipinski definition) is 2. The fraction of sp³-hybridized carbons (Fsp3) is 0.588. The minimum absolute atomic E-state index is 0.0917. The van der Waals surface area contributed by atoms with Crippen LogP contribution >= 0.6 is 0 Å². The molecule has 2 unspecified atom stereocenters. The first-order valence-corrected chi connectivity index (χ1v) is 8.09. The van der Waals surface area contributed by atoms with Crippen LogP contribution in [-0.2, 0) is 4.79 Å². The summed E-state index contributed by atoms with van der Waals surface area (Å²) < 4.78 is 36.5. The van der Waals surface area contributed by atoms with Crippen molar-refractivity contribution in [1.29, 1.82) is 0 Å². The highest BCUT2D eigenvalue weighted by Gasteiger charge is 2.32. The van der Waals surface area contributed by atoms with Gasteiger partial charge in [-0.3, -0.25) is 9.69 Å². The largest absolute Gasteiger partial charge is 0.405 e. The number of nitrogens with one attached hydrogen (secondary N) is 1. The van der Waals surface area contributed by atoms with Gasteiger partial charge in [0.1, 0.15) is 6.54 Å². The molecule has 1 aliphatic rings. The van der Waals surface area contributed by atoms with Crippen LogP contribution in [0.3, 0.4) is 0 Å². The standard InChI is InChI=1S/C17H23F3N2O2/c1-12(16(24)21-11-17(18,19)20)22-9-7-14(8-10-22)15(23)13-5-3-2-4-6-13/h2-6,12,14-15,23H,7-11H2,1H3,(H,21,24). The molecule has 1 fully saturated rings. The Morgan fingerprint density at radius 3 is 2.42 bits per heavy atom. The summed E-state index contributed by atoms with van der Waals surface area (Å²) in [6.45, 7) is 1.46. The summed E-state index contributed by atoms with van der Waals surface area (Å²) in [5.41, 5.74) is 0.868. The number of halogens is 3. The summed E-state index contributed by atoms with van der Waals surface area (Å²) in [4.78, 5) is 13.7. The number of likely N-dealkylation sites (tertiary alicyclic amines) is 1. The molecule has 1 amide bonds. The number of aliphatic hydroxyl groups is 1. The van der Waals surface area contributed by atoms with Gasteiger partial charge in [-0.2, -0.15) is 13.2 Å². The normalized spacial score (nSPS) is 19.7. The summed E-state index contributed by atoms with van der Waals surface area (Å²) in [5, 5.41) is 12.4. The maximum Gasteiger partial charge on any atom is 0.405 e. The van der Waals surface area contributed by atoms with E-state index in [9.17, 15) is 23.1 Å². The molecule has 2 N–H and O–H groups in total. The van der Waals surface area contributed by atoms with E-state index in [-0.39, 0.29) is 5.92 Å². The van der Waals surface area contributed by atoms with Crippen molar-refractivity contribution in [2.75, 3.05) is 19.6 Å². The third kappa shape index (κ3) is 5.21. The highest BCUT2D eigenvalue weighted by Crippen LogP contribution is 2.31. The fourth-order valence-electron chi connectivity index (χ4n) is 3.05. The van der Waals surface area contributed by atoms with Crippen molar-refractivity contribution in [3.63, 3.8) is 0 Å². The van der Waals surface area contributed by atoms with E-state index in [2.05, 4.69) is 0 Å². The molecule has 0 aliphatic carbocycles. The highest BCUT2D eigenvalue weighted by molar-refractivity contribution is 5.81. The lowest BCUT2D eigenvalue weighted by Crippen LogP contribution is -2.50. The number of rotatable bonds is 5. The van der Waals surface area contributed by atoms with E-state index in [0.29, 0.717) is 25.9 Å². The number of hydrogen-bond acceptors (Lipinski definition) is 3. The number of amides is 1. The van der Waals surface area contributed by atoms with Gasteiger partial charge in [0.15, 0.2) is 0 Å². The predicted octanol–water partition coefficient (Wildman–Crippen LogP) is 2.50. The molecule has 0 saturated carbocycles. The van der Waals surface area contributed by atoms with E-state index < -0.39 is 30.8 Å². The molecule has 134 valence electrons. The topological polar surface area (TPSA) is 52.6 Å². The molecule has 1 heterocycles. The summed E-state index contributed by atoms with van der Waals surface area (Å²) in [6, 6.07) is 8.79. The number of nitrogens with zero attached hydrogens (tertiary/aromatic N) is 1. The van der Waals surface area contributed by atoms with E-state index in [1.165, 1.54) is 0 Å². The molecule has 1 saturated heterocycles. The minimum Gasteiger partial charge on any atom is -0.388 e. The van der Waals surface area contributed by atoms with Gasteiger partial charge in [-0.25, -0.2) is 0 Å². The smallest absolute Gasteiger partial charge is 0.388 e. The third-order valence-electron chi connectivity index (χ3n) is 4.55. The average molecular weight is 344 g/mol. The van der Waals surface area contributed by atoms with E-state index in [1.54, 1.807) is 6.92 Å². The lowest BCUT2D eigenvalue weighted by atomic mass is 9.87. The Bertz CT molecular complexity index is 528. The molecule has 1 aromatic carbocycles. The van der Waals surface area contributed by atoms with Gasteiger partial charge < -0.3 is 10.4 Å². The van der Waals surface area contributed by atoms with E-state index in [0.717, 1.165) is 5.56 Å². The molecule has 0 spiro atoms. The minimum atomic E-state index is -4.40. The summed E-state index contributed by atoms with van der Waals surface area (Å²) in [6.07, 6.45) is -3.55. The number of carbonyl (C=O) groups excluding carboxylic acids is 1. The van der Waals surface area contributed by atoms with Gasteiger partial charge in [-0.05, 0) is 44.3 Å². The van der Waals surface area contributed by atoms with Crippen molar-refractivity contribution in [2.45, 2.75) is 38.1 Å². The van der Waals surface area contributed by atoms with Gasteiger partial charge in [0, 0.05) is 0 Å². The molecule has 4 nitrogen and oxygen atoms in total. The van der Waals surface area contributed by atoms with Gasteiger partial charge in [-0.1, -0.05) is 30.3 Å². The molecular formula is C17H23F3N2O2. The summed E-state index contributed by atoms with van der Waals surface area (Å²) in [5.74, 6) is -0.525. The average Bonchev–Trinajstić information content (AvgIpc) is 2.58. The van der Waals surface area contributed by atoms with Crippen LogP contribution in [0.25, 0.3) is 0 Å². The SMILES string of the molecule is CC(C(=O)NCC(F)(F)F)N1CCC(C(O)c2ccccc2)CC1. The van der Waals surface area contributed by atoms with Crippen LogP contribution in [0.2, 0.25) is 0 Å². The van der Waals surface area contributed by atoms with Crippen LogP contribution in [0, 0.1) is 5.92 Å². The lowest BCUT2D eigenvalue weighted by molar-refractivity contribution is -0.141. The molecule has 2 rings (SSSR count). The monoisotopic (exact) mass is 344 g/mol. The first-order valence-electron chi connectivity index (χ1n) is 8.09. The van der Waals surface area contributed by atoms with Crippen molar-refractivity contribution >= 4 is 5.91 Å². The summed E-state index contributed by atoms with van der Waals surface area (Å²) >= 11 is 0. The first-order chi connectivity index (χ1) is 11.3. The molecule has 7 heteroatoms. The van der Waals surface area contributed by atoms with Gasteiger partial charge in [0.2, 0.25) is 5.91 Å². The van der Waals surface area contributed by atoms with Crippen LogP contribution < -0.4 is 5.32 Å². The van der Waals surface area contributed by atoms with Gasteiger partial charge in [0.25, 0.3) is 0 Å². The zero-order chi connectivity index (χ0) is 17.7. The van der Waals surface area contributed by atoms with Crippen molar-refractivity contribution in [3.05, 3.63) is 35.9 Å². The summed E-state index contributed by atoms with van der Waals surface area (Å²) in [7, 11) is 0. The highest BCUT2D eigenvalue weighted by atomic mass is 19.4. The van der Waals surface area contributed by atoms with Crippen LogP contribution in [0.15, 0.2) is 30.3 Å². The van der Waals surface area contributed by atoms with Crippen LogP contribution in [0.1, 0.15) is 31.4 Å². The van der Waals surface area contributed by atoms with Gasteiger partial charge in [0.05, 0.1) is 12.1 Å². The zero-order valence-corrected chi connectivity index (χ0v) is 13.6. The van der Waals surface area contributed by atoms with Gasteiger partial charge in [-0.15, -0.1) is 0 Å². The Balaban J connectivity index is 1.82. The van der Waals surface area contributed by atoms with Crippen LogP contribution in [0.5, 0.6) is 0 Å². The van der Waals surface area contributed by atoms with Crippen LogP contribution in [-0.4, -0.2) is 47.8 Å². The van der Waals surface area contributed by atoms with Crippen molar-refractivity contribution in [3.8, 4) is 0 Å². The first kappa shape index (κ1) is 18.7. The Labute approximate surface area is 139 Å². The number of alkyl halides is 3. The Morgan fingerprint density at radius 1 is 1.29 bits per heavy atom. The zero-order valence-electron chi connectivity index (χ0n) is 13.6. The number of aliphatic hydroxyl groups excluding tert-OH is 1. The molecular weight excluding hydrogens is 321 g/mol. The number of piperidine rings is 1. The molecule has 24 heavy (non-hydrogen) atoms. The maximum absolute atomic E-state index is 12.2. The molecule has 1 aromatic rings. The second-order valence-corrected chi connectivity index (χ2v) is 6.24. The second-order valence-electron chi connectivity index (χ2n) is 6.24. The lowest BCUT2D eigenvalue weighted by Gasteiger charge is -2.37. The van der Waals surface area contributed by atoms with Crippen molar-refractivity contribution in [2.24, 2.45) is 5.92 Å². The third-order valence-corrected chi connectivity index (χ3v) is 4.55. The molecule has 0 radical (unpaired) electrons. The van der Waals surface area contributed by atoms with Crippen molar-refractivity contribution in [1.82, 2.24) is 10.2 Å². The molecule has 1 aliphatic heterocycles. The molecule has 0 aromatic heterocycles. The maximum atomic E-state index is 12.2. The van der Waals surface area contributed by atoms with E-state index >= 15 is 0 Å². The van der Waals surface area contributed by atoms with E-state index in [4.69, 9.17) is 0 Å². The quantitative estimate of drug-likeness (QED) is 0.863. The fourth-order valence-corrected chi connectivity index (χ4v) is 3.05. The molecule has 2 atom stereocenters. The number of benzene rings is 1. The van der Waals surface area contributed by atoms with Crippen molar-refractivity contribution < 1.29 is 23.1 Å². The Kier molecular flexibility index (Phi) is 6.23. The predicted molar refractivity (Wildman–Crippen MR) is 84.2 cm³/mol. The second kappa shape index (κ2) is 7.98. The van der Waals surface area contributed by atoms with Crippen LogP contribution in [0.4, 0.5) is 13.2 Å². The molecule has 0 bridgehead atoms. The van der Waals surface area contributed by atoms with Gasteiger partial charge >= 0.3 is 6.18 Å². The Hall–Kier alpha value is -1.60.